The van der Waals surface area contributed by atoms with E-state index in [1.165, 1.54) is 16.7 Å². The van der Waals surface area contributed by atoms with Crippen LogP contribution in [0.15, 0.2) is 77.8 Å². The summed E-state index contributed by atoms with van der Waals surface area (Å²) in [5.74, 6) is -10.2. The first-order valence-corrected chi connectivity index (χ1v) is 27.5. The zero-order valence-corrected chi connectivity index (χ0v) is 44.5. The molecule has 0 aliphatic carbocycles. The van der Waals surface area contributed by atoms with Gasteiger partial charge < -0.3 is 71.2 Å². The van der Waals surface area contributed by atoms with Crippen LogP contribution in [0.5, 0.6) is 0 Å². The molecular weight excluding hydrogens is 1050 g/mol. The minimum atomic E-state index is -1.79. The summed E-state index contributed by atoms with van der Waals surface area (Å²) in [4.78, 5) is 157. The largest absolute Gasteiger partial charge is 0.370 e. The van der Waals surface area contributed by atoms with Crippen molar-refractivity contribution >= 4 is 109 Å². The molecule has 3 aromatic rings. The van der Waals surface area contributed by atoms with Gasteiger partial charge in [0.25, 0.3) is 0 Å². The standard InChI is InChI=1S/C50H67N15O11S2/c1-27-42(69)61-34(22-28-10-3-2-4-11-28)45(72)59-33(18-19-39(52)66)44(71)62-35(23-40(53)67)46(73)63-36(26-78-77-25-31(51)48(75)65(27)37-16-7-13-29-12-5-6-14-30(29)37)49(76)64-21-9-17-38(64)47(74)60-32(15-8-20-57-50(55)56)43(70)58-24-41(54)68/h2-7,10-14,16,27,31-36,38H,8-9,15,17-26,51H2,1H3,(H2,52,66)(H2,53,67)(H2,54,68)(H,58,70)(H,59,72)(H,60,74)(H,61,69)(H,62,71)(H,63,73)(H4,55,56,57)/t27-,31-,32-,33-,34?,35-,36?,38-/m0/s1. The van der Waals surface area contributed by atoms with Crippen molar-refractivity contribution in [1.82, 2.24) is 36.8 Å². The molecule has 3 aromatic carbocycles. The number of carbonyl (C=O) groups excluding carboxylic acids is 11. The number of amides is 11. The summed E-state index contributed by atoms with van der Waals surface area (Å²) in [6.07, 6.45) is -1.17. The lowest BCUT2D eigenvalue weighted by Gasteiger charge is -2.33. The fourth-order valence-electron chi connectivity index (χ4n) is 8.69. The molecule has 78 heavy (non-hydrogen) atoms. The van der Waals surface area contributed by atoms with Gasteiger partial charge in [-0.3, -0.25) is 62.6 Å². The van der Waals surface area contributed by atoms with Crippen LogP contribution in [0.3, 0.4) is 0 Å². The van der Waals surface area contributed by atoms with Gasteiger partial charge in [0.2, 0.25) is 65.0 Å². The highest BCUT2D eigenvalue weighted by atomic mass is 33.1. The van der Waals surface area contributed by atoms with Gasteiger partial charge in [0.15, 0.2) is 5.96 Å². The summed E-state index contributed by atoms with van der Waals surface area (Å²) < 4.78 is 0. The molecule has 2 heterocycles. The Kier molecular flexibility index (Phi) is 23.0. The summed E-state index contributed by atoms with van der Waals surface area (Å²) in [5.41, 5.74) is 34.7. The number of nitrogens with one attached hydrogen (secondary N) is 6. The van der Waals surface area contributed by atoms with Gasteiger partial charge >= 0.3 is 0 Å². The molecule has 0 spiro atoms. The molecule has 2 aliphatic heterocycles. The van der Waals surface area contributed by atoms with Gasteiger partial charge in [0.1, 0.15) is 42.3 Å². The fraction of sp³-hybridized carbons (Fsp3) is 0.440. The van der Waals surface area contributed by atoms with Crippen LogP contribution < -0.4 is 71.2 Å². The summed E-state index contributed by atoms with van der Waals surface area (Å²) in [6, 6.07) is 9.54. The minimum absolute atomic E-state index is 0.00504. The number of carbonyl (C=O) groups is 11. The average Bonchev–Trinajstić information content (AvgIpc) is 3.90. The smallest absolute Gasteiger partial charge is 0.246 e. The maximum absolute atomic E-state index is 14.8. The summed E-state index contributed by atoms with van der Waals surface area (Å²) in [7, 11) is 2.06. The molecule has 18 N–H and O–H groups in total. The van der Waals surface area contributed by atoms with Crippen molar-refractivity contribution in [2.45, 2.75) is 107 Å². The predicted octanol–water partition coefficient (Wildman–Crippen LogP) is -3.26. The van der Waals surface area contributed by atoms with Crippen molar-refractivity contribution in [3.05, 3.63) is 78.4 Å². The number of guanidine groups is 1. The number of hydrogen-bond donors (Lipinski definition) is 12. The van der Waals surface area contributed by atoms with Crippen LogP contribution in [-0.4, -0.2) is 155 Å². The number of rotatable bonds is 18. The molecule has 0 radical (unpaired) electrons. The molecule has 0 aromatic heterocycles. The molecule has 26 nitrogen and oxygen atoms in total. The first kappa shape index (κ1) is 60.9. The number of aliphatic imine (C=N–C) groups is 1. The lowest BCUT2D eigenvalue weighted by Crippen LogP contribution is -2.61. The van der Waals surface area contributed by atoms with Gasteiger partial charge in [0.05, 0.1) is 24.7 Å². The minimum Gasteiger partial charge on any atom is -0.370 e. The molecule has 2 unspecified atom stereocenters. The number of fused-ring (bicyclic) bond motifs is 1. The molecular formula is C50H67N15O11S2. The van der Waals surface area contributed by atoms with Crippen LogP contribution in [0, 0.1) is 0 Å². The van der Waals surface area contributed by atoms with E-state index in [1.54, 1.807) is 60.7 Å². The summed E-state index contributed by atoms with van der Waals surface area (Å²) in [5, 5.41) is 16.7. The second-order valence-electron chi connectivity index (χ2n) is 18.6. The van der Waals surface area contributed by atoms with E-state index in [4.69, 9.17) is 34.4 Å². The lowest BCUT2D eigenvalue weighted by molar-refractivity contribution is -0.142. The molecule has 28 heteroatoms. The molecule has 11 amide bonds. The summed E-state index contributed by atoms with van der Waals surface area (Å²) in [6.45, 7) is 1.04. The first-order chi connectivity index (χ1) is 37.1. The SMILES string of the molecule is C[C@H]1C(=O)NC(Cc2ccccc2)C(=O)N[C@@H](CCC(N)=O)C(=O)N[C@@H](CC(N)=O)C(=O)NC(C(=O)N2CCC[C@H]2C(=O)N[C@@H](CCCN=C(N)N)C(=O)NCC(N)=O)CSSC[C@H](N)C(=O)N1c1cccc2ccccc12. The van der Waals surface area contributed by atoms with Crippen molar-refractivity contribution in [1.29, 1.82) is 0 Å². The second kappa shape index (κ2) is 29.5. The Balaban J connectivity index is 1.53. The van der Waals surface area contributed by atoms with Crippen molar-refractivity contribution in [3.8, 4) is 0 Å². The topological polar surface area (TPSA) is 435 Å². The van der Waals surface area contributed by atoms with Gasteiger partial charge in [0, 0.05) is 42.8 Å². The quantitative estimate of drug-likeness (QED) is 0.0257. The second-order valence-corrected chi connectivity index (χ2v) is 21.1. The van der Waals surface area contributed by atoms with E-state index in [2.05, 4.69) is 36.9 Å². The van der Waals surface area contributed by atoms with Crippen molar-refractivity contribution in [3.63, 3.8) is 0 Å². The molecule has 2 saturated heterocycles. The van der Waals surface area contributed by atoms with E-state index in [0.29, 0.717) is 23.1 Å². The molecule has 5 rings (SSSR count). The molecule has 420 valence electrons. The van der Waals surface area contributed by atoms with Crippen LogP contribution in [0.2, 0.25) is 0 Å². The molecule has 8 atom stereocenters. The summed E-state index contributed by atoms with van der Waals surface area (Å²) >= 11 is 0. The molecule has 2 aliphatic rings. The number of primary amides is 3. The molecule has 0 bridgehead atoms. The van der Waals surface area contributed by atoms with Crippen LogP contribution >= 0.6 is 21.6 Å². The molecule has 0 saturated carbocycles. The number of anilines is 1. The lowest BCUT2D eigenvalue weighted by atomic mass is 10.0. The van der Waals surface area contributed by atoms with Crippen LogP contribution in [0.4, 0.5) is 5.69 Å². The van der Waals surface area contributed by atoms with E-state index in [1.807, 2.05) is 12.1 Å². The normalized spacial score (nSPS) is 22.4. The van der Waals surface area contributed by atoms with E-state index in [0.717, 1.165) is 27.0 Å². The third kappa shape index (κ3) is 17.8. The number of nitrogens with zero attached hydrogens (tertiary/aromatic N) is 3. The monoisotopic (exact) mass is 1120 g/mol. The highest BCUT2D eigenvalue weighted by molar-refractivity contribution is 8.76. The zero-order valence-electron chi connectivity index (χ0n) is 42.9. The highest BCUT2D eigenvalue weighted by Gasteiger charge is 2.41. The van der Waals surface area contributed by atoms with Gasteiger partial charge in [-0.1, -0.05) is 88.3 Å². The zero-order chi connectivity index (χ0) is 57.1. The third-order valence-electron chi connectivity index (χ3n) is 12.6. The maximum atomic E-state index is 14.8. The van der Waals surface area contributed by atoms with Crippen molar-refractivity contribution < 1.29 is 52.7 Å². The predicted molar refractivity (Wildman–Crippen MR) is 293 cm³/mol. The van der Waals surface area contributed by atoms with Crippen molar-refractivity contribution in [2.24, 2.45) is 39.4 Å². The average molecular weight is 1120 g/mol. The van der Waals surface area contributed by atoms with E-state index < -0.39 is 139 Å². The highest BCUT2D eigenvalue weighted by Crippen LogP contribution is 2.31. The van der Waals surface area contributed by atoms with Crippen LogP contribution in [-0.2, 0) is 59.2 Å². The van der Waals surface area contributed by atoms with Crippen molar-refractivity contribution in [2.75, 3.05) is 36.0 Å². The van der Waals surface area contributed by atoms with Gasteiger partial charge in [-0.2, -0.15) is 0 Å². The number of nitrogens with two attached hydrogens (primary N) is 6. The number of benzene rings is 3. The Morgan fingerprint density at radius 1 is 0.744 bits per heavy atom. The fourth-order valence-corrected chi connectivity index (χ4v) is 11.0. The number of hydrogen-bond acceptors (Lipinski definition) is 15. The first-order valence-electron chi connectivity index (χ1n) is 25.0. The third-order valence-corrected chi connectivity index (χ3v) is 15.1. The van der Waals surface area contributed by atoms with E-state index in [9.17, 15) is 52.7 Å². The number of likely N-dealkylation sites (tertiary alicyclic amines) is 1. The Morgan fingerprint density at radius 3 is 2.08 bits per heavy atom. The van der Waals surface area contributed by atoms with Crippen LogP contribution in [0.1, 0.15) is 57.4 Å². The van der Waals surface area contributed by atoms with Crippen LogP contribution in [0.25, 0.3) is 10.8 Å². The van der Waals surface area contributed by atoms with Gasteiger partial charge in [-0.15, -0.1) is 0 Å². The van der Waals surface area contributed by atoms with E-state index in [-0.39, 0.29) is 56.2 Å². The Morgan fingerprint density at radius 2 is 1.38 bits per heavy atom. The Labute approximate surface area is 457 Å². The molecule has 2 fully saturated rings. The Hall–Kier alpha value is -7.98. The van der Waals surface area contributed by atoms with Gasteiger partial charge in [-0.05, 0) is 56.0 Å². The maximum Gasteiger partial charge on any atom is 0.246 e. The van der Waals surface area contributed by atoms with E-state index >= 15 is 0 Å². The van der Waals surface area contributed by atoms with Gasteiger partial charge in [-0.25, -0.2) is 0 Å². The Bertz CT molecular complexity index is 2730.